The topological polar surface area (TPSA) is 46.5 Å². The van der Waals surface area contributed by atoms with Crippen LogP contribution in [0.5, 0.6) is 0 Å². The van der Waals surface area contributed by atoms with Gasteiger partial charge in [-0.25, -0.2) is 4.79 Å². The van der Waals surface area contributed by atoms with E-state index in [1.165, 1.54) is 0 Å². The molecule has 0 saturated heterocycles. The quantitative estimate of drug-likeness (QED) is 0.454. The van der Waals surface area contributed by atoms with Crippen molar-refractivity contribution < 1.29 is 14.9 Å². The minimum atomic E-state index is -0.476. The van der Waals surface area contributed by atoms with Gasteiger partial charge in [-0.1, -0.05) is 6.42 Å². The van der Waals surface area contributed by atoms with E-state index < -0.39 is 5.97 Å². The van der Waals surface area contributed by atoms with Crippen molar-refractivity contribution in [2.24, 2.45) is 5.92 Å². The maximum atomic E-state index is 10.3. The number of rotatable bonds is 1. The monoisotopic (exact) mass is 152 g/mol. The molecule has 1 aliphatic carbocycles. The summed E-state index contributed by atoms with van der Waals surface area (Å²) >= 11 is 0. The Balaban J connectivity index is 0.000000640. The molecule has 0 aromatic carbocycles. The summed E-state index contributed by atoms with van der Waals surface area (Å²) in [5.41, 5.74) is 0. The van der Waals surface area contributed by atoms with Crippen molar-refractivity contribution in [3.05, 3.63) is 0 Å². The lowest BCUT2D eigenvalue weighted by atomic mass is 9.86. The molecule has 0 amide bonds. The van der Waals surface area contributed by atoms with Crippen molar-refractivity contribution in [1.82, 2.24) is 0 Å². The highest BCUT2D eigenvalue weighted by molar-refractivity contribution is 5.85. The molecule has 0 spiro atoms. The minimum absolute atomic E-state index is 0. The second kappa shape index (κ2) is 3.69. The van der Waals surface area contributed by atoms with Gasteiger partial charge in [0, 0.05) is 0 Å². The molecule has 0 heterocycles. The van der Waals surface area contributed by atoms with Crippen molar-refractivity contribution in [2.75, 3.05) is 0 Å². The van der Waals surface area contributed by atoms with E-state index in [2.05, 4.69) is 4.89 Å². The summed E-state index contributed by atoms with van der Waals surface area (Å²) in [4.78, 5) is 13.8. The molecule has 1 N–H and O–H groups in total. The average molecular weight is 153 g/mol. The van der Waals surface area contributed by atoms with Crippen LogP contribution in [0, 0.1) is 5.92 Å². The molecule has 3 nitrogen and oxygen atoms in total. The van der Waals surface area contributed by atoms with Gasteiger partial charge in [0.25, 0.3) is 0 Å². The minimum Gasteiger partial charge on any atom is -0.301 e. The zero-order chi connectivity index (χ0) is 5.98. The molecule has 1 fully saturated rings. The van der Waals surface area contributed by atoms with Crippen LogP contribution in [0.1, 0.15) is 19.3 Å². The van der Waals surface area contributed by atoms with Crippen molar-refractivity contribution in [2.45, 2.75) is 19.3 Å². The number of hydrogen-bond donors (Lipinski definition) is 1. The van der Waals surface area contributed by atoms with Crippen LogP contribution in [0.3, 0.4) is 0 Å². The summed E-state index contributed by atoms with van der Waals surface area (Å²) in [5, 5.41) is 7.82. The van der Waals surface area contributed by atoms with Crippen LogP contribution in [0.4, 0.5) is 0 Å². The molecular formula is C5H9ClO3. The standard InChI is InChI=1S/C5H8O3.ClH/c6-5(8-7)4-2-1-3-4;/h4,7H,1-3H2;1H. The molecule has 1 saturated carbocycles. The van der Waals surface area contributed by atoms with Gasteiger partial charge in [0.15, 0.2) is 0 Å². The van der Waals surface area contributed by atoms with Gasteiger partial charge in [-0.3, -0.25) is 0 Å². The van der Waals surface area contributed by atoms with Crippen LogP contribution in [0.2, 0.25) is 0 Å². The van der Waals surface area contributed by atoms with Crippen LogP contribution < -0.4 is 0 Å². The zero-order valence-electron chi connectivity index (χ0n) is 4.87. The van der Waals surface area contributed by atoms with E-state index in [1.54, 1.807) is 0 Å². The van der Waals surface area contributed by atoms with Crippen LogP contribution in [-0.2, 0) is 9.68 Å². The number of halogens is 1. The summed E-state index contributed by atoms with van der Waals surface area (Å²) in [5.74, 6) is -0.490. The third-order valence-electron chi connectivity index (χ3n) is 1.53. The van der Waals surface area contributed by atoms with Crippen LogP contribution in [0.25, 0.3) is 0 Å². The van der Waals surface area contributed by atoms with Gasteiger partial charge in [-0.15, -0.1) is 12.4 Å². The molecular weight excluding hydrogens is 144 g/mol. The van der Waals surface area contributed by atoms with Crippen molar-refractivity contribution in [3.8, 4) is 0 Å². The van der Waals surface area contributed by atoms with Crippen molar-refractivity contribution >= 4 is 18.4 Å². The second-order valence-electron chi connectivity index (χ2n) is 2.04. The zero-order valence-corrected chi connectivity index (χ0v) is 5.69. The summed E-state index contributed by atoms with van der Waals surface area (Å²) < 4.78 is 0. The summed E-state index contributed by atoms with van der Waals surface area (Å²) in [6.07, 6.45) is 2.83. The first-order chi connectivity index (χ1) is 3.84. The fourth-order valence-corrected chi connectivity index (χ4v) is 0.718. The van der Waals surface area contributed by atoms with E-state index in [9.17, 15) is 4.79 Å². The Bertz CT molecular complexity index is 100. The molecule has 0 radical (unpaired) electrons. The Morgan fingerprint density at radius 1 is 1.56 bits per heavy atom. The third-order valence-corrected chi connectivity index (χ3v) is 1.53. The van der Waals surface area contributed by atoms with Gasteiger partial charge in [-0.05, 0) is 12.8 Å². The van der Waals surface area contributed by atoms with Crippen molar-refractivity contribution in [1.29, 1.82) is 0 Å². The molecule has 0 atom stereocenters. The fraction of sp³-hybridized carbons (Fsp3) is 0.800. The highest BCUT2D eigenvalue weighted by Crippen LogP contribution is 2.26. The van der Waals surface area contributed by atoms with Gasteiger partial charge in [0.2, 0.25) is 0 Å². The van der Waals surface area contributed by atoms with Crippen LogP contribution >= 0.6 is 12.4 Å². The number of carbonyl (C=O) groups is 1. The normalized spacial score (nSPS) is 17.4. The smallest absolute Gasteiger partial charge is 0.301 e. The molecule has 4 heteroatoms. The summed E-state index contributed by atoms with van der Waals surface area (Å²) in [6.45, 7) is 0. The molecule has 0 aromatic rings. The predicted octanol–water partition coefficient (Wildman–Crippen LogP) is 1.22. The number of carbonyl (C=O) groups excluding carboxylic acids is 1. The van der Waals surface area contributed by atoms with E-state index in [1.807, 2.05) is 0 Å². The second-order valence-corrected chi connectivity index (χ2v) is 2.04. The lowest BCUT2D eigenvalue weighted by molar-refractivity contribution is -0.241. The first-order valence-electron chi connectivity index (χ1n) is 2.70. The lowest BCUT2D eigenvalue weighted by Gasteiger charge is -2.20. The summed E-state index contributed by atoms with van der Waals surface area (Å²) in [7, 11) is 0. The Morgan fingerprint density at radius 3 is 2.22 bits per heavy atom. The number of hydrogen-bond acceptors (Lipinski definition) is 3. The van der Waals surface area contributed by atoms with Crippen molar-refractivity contribution in [3.63, 3.8) is 0 Å². The molecule has 0 unspecified atom stereocenters. The molecule has 1 rings (SSSR count). The summed E-state index contributed by atoms with van der Waals surface area (Å²) in [6, 6.07) is 0. The Kier molecular flexibility index (Phi) is 3.58. The van der Waals surface area contributed by atoms with E-state index >= 15 is 0 Å². The molecule has 0 bridgehead atoms. The SMILES string of the molecule is Cl.O=C(OO)C1CCC1. The molecule has 0 aliphatic heterocycles. The average Bonchev–Trinajstić information content (AvgIpc) is 1.62. The maximum Gasteiger partial charge on any atom is 0.345 e. The van der Waals surface area contributed by atoms with E-state index in [-0.39, 0.29) is 18.3 Å². The van der Waals surface area contributed by atoms with Gasteiger partial charge in [-0.2, -0.15) is 5.26 Å². The Hall–Kier alpha value is -0.280. The highest BCUT2D eigenvalue weighted by atomic mass is 35.5. The van der Waals surface area contributed by atoms with Gasteiger partial charge in [0.05, 0.1) is 5.92 Å². The molecule has 54 valence electrons. The van der Waals surface area contributed by atoms with Gasteiger partial charge < -0.3 is 4.89 Å². The lowest BCUT2D eigenvalue weighted by Crippen LogP contribution is -2.22. The Labute approximate surface area is 59.3 Å². The molecule has 1 aliphatic rings. The molecule has 0 aromatic heterocycles. The van der Waals surface area contributed by atoms with Crippen LogP contribution in [0.15, 0.2) is 0 Å². The third kappa shape index (κ3) is 1.84. The first kappa shape index (κ1) is 8.72. The largest absolute Gasteiger partial charge is 0.345 e. The van der Waals surface area contributed by atoms with E-state index in [0.717, 1.165) is 19.3 Å². The van der Waals surface area contributed by atoms with Gasteiger partial charge >= 0.3 is 5.97 Å². The Morgan fingerprint density at radius 2 is 2.11 bits per heavy atom. The predicted molar refractivity (Wildman–Crippen MR) is 33.3 cm³/mol. The molecule has 9 heavy (non-hydrogen) atoms. The first-order valence-corrected chi connectivity index (χ1v) is 2.70. The maximum absolute atomic E-state index is 10.3. The van der Waals surface area contributed by atoms with E-state index in [0.29, 0.717) is 0 Å². The highest BCUT2D eigenvalue weighted by Gasteiger charge is 2.26. The van der Waals surface area contributed by atoms with E-state index in [4.69, 9.17) is 5.26 Å². The fourth-order valence-electron chi connectivity index (χ4n) is 0.718. The van der Waals surface area contributed by atoms with Crippen LogP contribution in [-0.4, -0.2) is 11.2 Å². The van der Waals surface area contributed by atoms with Gasteiger partial charge in [0.1, 0.15) is 0 Å².